The topological polar surface area (TPSA) is 89.1 Å². The summed E-state index contributed by atoms with van der Waals surface area (Å²) in [6, 6.07) is 2.08. The van der Waals surface area contributed by atoms with Crippen molar-refractivity contribution in [1.82, 2.24) is 39.4 Å². The Kier molecular flexibility index (Phi) is 5.04. The molecule has 5 heterocycles. The van der Waals surface area contributed by atoms with Crippen molar-refractivity contribution in [2.24, 2.45) is 7.05 Å². The number of halogens is 3. The molecule has 172 valence electrons. The van der Waals surface area contributed by atoms with E-state index in [1.807, 2.05) is 25.5 Å². The van der Waals surface area contributed by atoms with E-state index in [2.05, 4.69) is 44.1 Å². The number of piperazine rings is 1. The lowest BCUT2D eigenvalue weighted by molar-refractivity contribution is -0.141. The number of rotatable bonds is 3. The van der Waals surface area contributed by atoms with Gasteiger partial charge in [-0.25, -0.2) is 19.9 Å². The zero-order chi connectivity index (χ0) is 23.3. The van der Waals surface area contributed by atoms with Gasteiger partial charge in [-0.1, -0.05) is 0 Å². The molecule has 0 aliphatic carbocycles. The van der Waals surface area contributed by atoms with E-state index in [0.717, 1.165) is 18.0 Å². The molecule has 0 aromatic carbocycles. The summed E-state index contributed by atoms with van der Waals surface area (Å²) in [5.74, 6) is 0.977. The number of aryl methyl sites for hydroxylation is 1. The fourth-order valence-electron chi connectivity index (χ4n) is 4.25. The molecule has 33 heavy (non-hydrogen) atoms. The number of fused-ring (bicyclic) bond motifs is 1. The van der Waals surface area contributed by atoms with Crippen molar-refractivity contribution in [1.29, 1.82) is 0 Å². The van der Waals surface area contributed by atoms with Crippen LogP contribution in [0.4, 0.5) is 19.0 Å². The molecule has 1 aliphatic heterocycles. The van der Waals surface area contributed by atoms with Crippen molar-refractivity contribution in [2.75, 3.05) is 11.4 Å². The van der Waals surface area contributed by atoms with Crippen molar-refractivity contribution in [2.45, 2.75) is 38.1 Å². The van der Waals surface area contributed by atoms with Gasteiger partial charge in [0.1, 0.15) is 11.5 Å². The summed E-state index contributed by atoms with van der Waals surface area (Å²) in [5.41, 5.74) is 0.714. The van der Waals surface area contributed by atoms with Crippen LogP contribution in [-0.4, -0.2) is 52.7 Å². The third kappa shape index (κ3) is 3.90. The van der Waals surface area contributed by atoms with Gasteiger partial charge in [-0.15, -0.1) is 0 Å². The van der Waals surface area contributed by atoms with Gasteiger partial charge in [0.05, 0.1) is 24.6 Å². The second-order valence-corrected chi connectivity index (χ2v) is 8.27. The van der Waals surface area contributed by atoms with Crippen LogP contribution in [0.3, 0.4) is 0 Å². The highest BCUT2D eigenvalue weighted by Crippen LogP contribution is 2.31. The van der Waals surface area contributed by atoms with Crippen molar-refractivity contribution in [3.05, 3.63) is 54.5 Å². The summed E-state index contributed by atoms with van der Waals surface area (Å²) >= 11 is 0. The maximum atomic E-state index is 13.2. The summed E-state index contributed by atoms with van der Waals surface area (Å²) in [5, 5.41) is 7.90. The van der Waals surface area contributed by atoms with Gasteiger partial charge in [-0.2, -0.15) is 18.3 Å². The molecule has 1 aliphatic rings. The number of hydrogen-bond donors (Lipinski definition) is 1. The Morgan fingerprint density at radius 2 is 1.88 bits per heavy atom. The Morgan fingerprint density at radius 3 is 2.61 bits per heavy atom. The standard InChI is InChI=1S/C21H22F3N9/c1-12-9-32(13(2)19(29-12)14-6-28-31(3)10-14)17-4-5-25-20(30-17)15-7-27-18-8-26-16(11-33(15)18)21(22,23)24/h4-8,10-13,19,29H,9H2,1-3H3. The monoisotopic (exact) mass is 457 g/mol. The van der Waals surface area contributed by atoms with Crippen LogP contribution < -0.4 is 10.2 Å². The van der Waals surface area contributed by atoms with Crippen LogP contribution in [0.5, 0.6) is 0 Å². The Bertz CT molecular complexity index is 1300. The smallest absolute Gasteiger partial charge is 0.350 e. The third-order valence-corrected chi connectivity index (χ3v) is 5.84. The molecule has 12 heteroatoms. The molecule has 0 radical (unpaired) electrons. The summed E-state index contributed by atoms with van der Waals surface area (Å²) in [7, 11) is 1.88. The van der Waals surface area contributed by atoms with E-state index in [1.54, 1.807) is 10.9 Å². The highest BCUT2D eigenvalue weighted by molar-refractivity contribution is 5.58. The van der Waals surface area contributed by atoms with Gasteiger partial charge in [0.2, 0.25) is 0 Å². The Hall–Kier alpha value is -3.54. The molecular formula is C21H22F3N9. The Morgan fingerprint density at radius 1 is 1.06 bits per heavy atom. The van der Waals surface area contributed by atoms with Gasteiger partial charge in [0, 0.05) is 49.8 Å². The average Bonchev–Trinajstić information content (AvgIpc) is 3.40. The molecular weight excluding hydrogens is 435 g/mol. The molecule has 0 saturated carbocycles. The minimum Gasteiger partial charge on any atom is -0.350 e. The number of alkyl halides is 3. The van der Waals surface area contributed by atoms with Crippen LogP contribution >= 0.6 is 0 Å². The highest BCUT2D eigenvalue weighted by Gasteiger charge is 2.35. The molecule has 3 atom stereocenters. The van der Waals surface area contributed by atoms with Gasteiger partial charge in [0.25, 0.3) is 0 Å². The van der Waals surface area contributed by atoms with E-state index >= 15 is 0 Å². The van der Waals surface area contributed by atoms with Crippen LogP contribution in [0.2, 0.25) is 0 Å². The quantitative estimate of drug-likeness (QED) is 0.506. The lowest BCUT2D eigenvalue weighted by Crippen LogP contribution is -2.56. The Balaban J connectivity index is 1.52. The molecule has 4 aromatic heterocycles. The lowest BCUT2D eigenvalue weighted by Gasteiger charge is -2.43. The van der Waals surface area contributed by atoms with Gasteiger partial charge in [0.15, 0.2) is 17.2 Å². The second-order valence-electron chi connectivity index (χ2n) is 8.27. The summed E-state index contributed by atoms with van der Waals surface area (Å²) in [6.45, 7) is 4.91. The zero-order valence-electron chi connectivity index (χ0n) is 18.2. The van der Waals surface area contributed by atoms with Crippen LogP contribution in [0, 0.1) is 0 Å². The first kappa shape index (κ1) is 21.3. The van der Waals surface area contributed by atoms with Crippen molar-refractivity contribution in [3.63, 3.8) is 0 Å². The predicted molar refractivity (Wildman–Crippen MR) is 114 cm³/mol. The Labute approximate surface area is 187 Å². The minimum atomic E-state index is -4.56. The number of hydrogen-bond acceptors (Lipinski definition) is 7. The molecule has 1 N–H and O–H groups in total. The lowest BCUT2D eigenvalue weighted by atomic mass is 9.97. The fourth-order valence-corrected chi connectivity index (χ4v) is 4.25. The van der Waals surface area contributed by atoms with Crippen molar-refractivity contribution >= 4 is 11.5 Å². The van der Waals surface area contributed by atoms with Crippen LogP contribution in [0.15, 0.2) is 43.2 Å². The largest absolute Gasteiger partial charge is 0.434 e. The van der Waals surface area contributed by atoms with Crippen LogP contribution in [0.1, 0.15) is 31.1 Å². The molecule has 0 spiro atoms. The first-order valence-electron chi connectivity index (χ1n) is 10.5. The van der Waals surface area contributed by atoms with Crippen LogP contribution in [0.25, 0.3) is 17.2 Å². The summed E-state index contributed by atoms with van der Waals surface area (Å²) < 4.78 is 42.6. The van der Waals surface area contributed by atoms with Gasteiger partial charge in [-0.3, -0.25) is 9.08 Å². The first-order chi connectivity index (χ1) is 15.7. The van der Waals surface area contributed by atoms with E-state index in [9.17, 15) is 13.2 Å². The third-order valence-electron chi connectivity index (χ3n) is 5.84. The zero-order valence-corrected chi connectivity index (χ0v) is 18.2. The minimum absolute atomic E-state index is 0.0390. The predicted octanol–water partition coefficient (Wildman–Crippen LogP) is 2.87. The second kappa shape index (κ2) is 7.80. The number of aromatic nitrogens is 7. The van der Waals surface area contributed by atoms with Crippen LogP contribution in [-0.2, 0) is 13.2 Å². The number of nitrogens with one attached hydrogen (secondary N) is 1. The maximum Gasteiger partial charge on any atom is 0.434 e. The average molecular weight is 457 g/mol. The SMILES string of the molecule is CC1CN(c2ccnc(-c3cnc4cnc(C(F)(F)F)cn34)n2)C(C)C(c2cnn(C)c2)N1. The van der Waals surface area contributed by atoms with Gasteiger partial charge >= 0.3 is 6.18 Å². The molecule has 5 rings (SSSR count). The number of anilines is 1. The molecule has 9 nitrogen and oxygen atoms in total. The molecule has 0 amide bonds. The van der Waals surface area contributed by atoms with Crippen molar-refractivity contribution < 1.29 is 13.2 Å². The molecule has 1 fully saturated rings. The summed E-state index contributed by atoms with van der Waals surface area (Å²) in [4.78, 5) is 18.8. The van der Waals surface area contributed by atoms with Gasteiger partial charge < -0.3 is 10.2 Å². The number of nitrogens with zero attached hydrogens (tertiary/aromatic N) is 8. The first-order valence-corrected chi connectivity index (χ1v) is 10.5. The molecule has 4 aromatic rings. The van der Waals surface area contributed by atoms with E-state index in [4.69, 9.17) is 4.98 Å². The van der Waals surface area contributed by atoms with E-state index < -0.39 is 11.9 Å². The number of imidazole rings is 1. The molecule has 3 unspecified atom stereocenters. The normalized spacial score (nSPS) is 21.6. The highest BCUT2D eigenvalue weighted by atomic mass is 19.4. The van der Waals surface area contributed by atoms with Gasteiger partial charge in [-0.05, 0) is 19.9 Å². The fraction of sp³-hybridized carbons (Fsp3) is 0.381. The molecule has 0 bridgehead atoms. The molecule has 1 saturated heterocycles. The maximum absolute atomic E-state index is 13.2. The van der Waals surface area contributed by atoms with E-state index in [-0.39, 0.29) is 29.6 Å². The van der Waals surface area contributed by atoms with E-state index in [1.165, 1.54) is 10.6 Å². The summed E-state index contributed by atoms with van der Waals surface area (Å²) in [6.07, 6.45) is 4.35. The van der Waals surface area contributed by atoms with E-state index in [0.29, 0.717) is 18.1 Å². The van der Waals surface area contributed by atoms with Crippen molar-refractivity contribution in [3.8, 4) is 11.5 Å².